The van der Waals surface area contributed by atoms with Crippen LogP contribution in [0.15, 0.2) is 36.5 Å². The molecular weight excluding hydrogens is 273 g/mol. The van der Waals surface area contributed by atoms with Crippen molar-refractivity contribution < 1.29 is 9.53 Å². The third kappa shape index (κ3) is 2.63. The highest BCUT2D eigenvalue weighted by atomic mass is 35.5. The van der Waals surface area contributed by atoms with Crippen molar-refractivity contribution in [1.82, 2.24) is 4.98 Å². The Hall–Kier alpha value is -1.58. The number of hydrogen-bond acceptors (Lipinski definition) is 3. The molecule has 0 N–H and O–H groups in total. The molecule has 5 heteroatoms. The third-order valence-corrected chi connectivity index (χ3v) is 3.14. The molecule has 0 radical (unpaired) electrons. The molecule has 0 aliphatic rings. The lowest BCUT2D eigenvalue weighted by molar-refractivity contribution is 0.0600. The lowest BCUT2D eigenvalue weighted by Gasteiger charge is -2.04. The molecule has 0 aliphatic carbocycles. The average molecular weight is 282 g/mol. The molecule has 0 amide bonds. The van der Waals surface area contributed by atoms with Crippen molar-refractivity contribution in [2.75, 3.05) is 7.11 Å². The van der Waals surface area contributed by atoms with Gasteiger partial charge in [-0.25, -0.2) is 4.79 Å². The van der Waals surface area contributed by atoms with E-state index in [4.69, 9.17) is 23.2 Å². The van der Waals surface area contributed by atoms with E-state index in [1.807, 2.05) is 6.07 Å². The number of carbonyl (C=O) groups excluding carboxylic acids is 1. The maximum absolute atomic E-state index is 11.3. The fourth-order valence-corrected chi connectivity index (χ4v) is 1.76. The quantitative estimate of drug-likeness (QED) is 0.785. The number of aromatic nitrogens is 1. The smallest absolute Gasteiger partial charge is 0.339 e. The Morgan fingerprint density at radius 3 is 2.50 bits per heavy atom. The Labute approximate surface area is 114 Å². The molecule has 0 atom stereocenters. The summed E-state index contributed by atoms with van der Waals surface area (Å²) in [6, 6.07) is 8.62. The number of pyridine rings is 1. The van der Waals surface area contributed by atoms with Crippen LogP contribution in [-0.2, 0) is 4.74 Å². The highest BCUT2D eigenvalue weighted by molar-refractivity contribution is 6.42. The maximum Gasteiger partial charge on any atom is 0.339 e. The number of halogens is 2. The van der Waals surface area contributed by atoms with Crippen molar-refractivity contribution in [1.29, 1.82) is 0 Å². The van der Waals surface area contributed by atoms with Gasteiger partial charge in [-0.15, -0.1) is 0 Å². The number of nitrogens with zero attached hydrogens (tertiary/aromatic N) is 1. The summed E-state index contributed by atoms with van der Waals surface area (Å²) in [5.74, 6) is -0.414. The van der Waals surface area contributed by atoms with E-state index < -0.39 is 5.97 Å². The Balaban J connectivity index is 2.34. The zero-order chi connectivity index (χ0) is 13.1. The molecule has 1 aromatic carbocycles. The van der Waals surface area contributed by atoms with E-state index in [2.05, 4.69) is 9.72 Å². The van der Waals surface area contributed by atoms with Gasteiger partial charge in [0.05, 0.1) is 28.4 Å². The van der Waals surface area contributed by atoms with E-state index in [9.17, 15) is 4.79 Å². The Kier molecular flexibility index (Phi) is 3.84. The van der Waals surface area contributed by atoms with Crippen LogP contribution in [0.1, 0.15) is 10.4 Å². The summed E-state index contributed by atoms with van der Waals surface area (Å²) < 4.78 is 4.60. The average Bonchev–Trinajstić information content (AvgIpc) is 2.41. The third-order valence-electron chi connectivity index (χ3n) is 2.40. The van der Waals surface area contributed by atoms with Gasteiger partial charge in [0.1, 0.15) is 0 Å². The maximum atomic E-state index is 11.3. The summed E-state index contributed by atoms with van der Waals surface area (Å²) in [5.41, 5.74) is 1.95. The standard InChI is InChI=1S/C13H9Cl2NO2/c1-18-13(17)9-3-5-12(16-7-9)8-2-4-10(14)11(15)6-8/h2-7H,1H3. The summed E-state index contributed by atoms with van der Waals surface area (Å²) in [7, 11) is 1.33. The number of rotatable bonds is 2. The molecule has 0 bridgehead atoms. The minimum Gasteiger partial charge on any atom is -0.465 e. The predicted molar refractivity (Wildman–Crippen MR) is 71.0 cm³/mol. The Morgan fingerprint density at radius 2 is 1.94 bits per heavy atom. The molecule has 0 saturated carbocycles. The zero-order valence-electron chi connectivity index (χ0n) is 9.48. The van der Waals surface area contributed by atoms with Crippen LogP contribution in [0.4, 0.5) is 0 Å². The monoisotopic (exact) mass is 281 g/mol. The summed E-state index contributed by atoms with van der Waals surface area (Å²) >= 11 is 11.8. The van der Waals surface area contributed by atoms with Crippen LogP contribution in [0.25, 0.3) is 11.3 Å². The molecule has 1 aromatic heterocycles. The lowest BCUT2D eigenvalue weighted by atomic mass is 10.1. The number of benzene rings is 1. The molecule has 18 heavy (non-hydrogen) atoms. The number of carbonyl (C=O) groups is 1. The van der Waals surface area contributed by atoms with E-state index >= 15 is 0 Å². The minimum absolute atomic E-state index is 0.404. The Bertz CT molecular complexity index is 582. The number of esters is 1. The normalized spacial score (nSPS) is 10.2. The fourth-order valence-electron chi connectivity index (χ4n) is 1.46. The first-order valence-corrected chi connectivity index (χ1v) is 5.87. The molecule has 92 valence electrons. The summed E-state index contributed by atoms with van der Waals surface area (Å²) in [5, 5.41) is 0.958. The van der Waals surface area contributed by atoms with Crippen molar-refractivity contribution in [3.63, 3.8) is 0 Å². The van der Waals surface area contributed by atoms with Crippen LogP contribution in [0, 0.1) is 0 Å². The molecule has 1 heterocycles. The van der Waals surface area contributed by atoms with Gasteiger partial charge in [0.2, 0.25) is 0 Å². The van der Waals surface area contributed by atoms with E-state index in [1.54, 1.807) is 24.3 Å². The lowest BCUT2D eigenvalue weighted by Crippen LogP contribution is -2.01. The first-order valence-electron chi connectivity index (χ1n) is 5.11. The van der Waals surface area contributed by atoms with Crippen LogP contribution < -0.4 is 0 Å². The Morgan fingerprint density at radius 1 is 1.17 bits per heavy atom. The van der Waals surface area contributed by atoms with Gasteiger partial charge in [0, 0.05) is 11.8 Å². The number of methoxy groups -OCH3 is 1. The van der Waals surface area contributed by atoms with Gasteiger partial charge in [-0.2, -0.15) is 0 Å². The highest BCUT2D eigenvalue weighted by Gasteiger charge is 2.07. The molecule has 0 spiro atoms. The zero-order valence-corrected chi connectivity index (χ0v) is 11.0. The van der Waals surface area contributed by atoms with Crippen molar-refractivity contribution in [3.05, 3.63) is 52.1 Å². The van der Waals surface area contributed by atoms with Gasteiger partial charge < -0.3 is 4.74 Å². The van der Waals surface area contributed by atoms with Gasteiger partial charge in [-0.3, -0.25) is 4.98 Å². The fraction of sp³-hybridized carbons (Fsp3) is 0.0769. The SMILES string of the molecule is COC(=O)c1ccc(-c2ccc(Cl)c(Cl)c2)nc1. The van der Waals surface area contributed by atoms with Crippen molar-refractivity contribution in [3.8, 4) is 11.3 Å². The van der Waals surface area contributed by atoms with Crippen LogP contribution in [-0.4, -0.2) is 18.1 Å². The van der Waals surface area contributed by atoms with Crippen molar-refractivity contribution in [2.24, 2.45) is 0 Å². The van der Waals surface area contributed by atoms with Crippen LogP contribution in [0.3, 0.4) is 0 Å². The number of ether oxygens (including phenoxy) is 1. The van der Waals surface area contributed by atoms with Crippen molar-refractivity contribution in [2.45, 2.75) is 0 Å². The second kappa shape index (κ2) is 5.38. The van der Waals surface area contributed by atoms with Gasteiger partial charge in [-0.1, -0.05) is 29.3 Å². The van der Waals surface area contributed by atoms with E-state index in [1.165, 1.54) is 13.3 Å². The molecule has 0 aliphatic heterocycles. The van der Waals surface area contributed by atoms with Gasteiger partial charge in [0.25, 0.3) is 0 Å². The van der Waals surface area contributed by atoms with Crippen molar-refractivity contribution >= 4 is 29.2 Å². The molecule has 2 rings (SSSR count). The topological polar surface area (TPSA) is 39.2 Å². The largest absolute Gasteiger partial charge is 0.465 e. The van der Waals surface area contributed by atoms with Gasteiger partial charge >= 0.3 is 5.97 Å². The molecular formula is C13H9Cl2NO2. The van der Waals surface area contributed by atoms with Crippen LogP contribution in [0.2, 0.25) is 10.0 Å². The van der Waals surface area contributed by atoms with Gasteiger partial charge in [-0.05, 0) is 24.3 Å². The first-order chi connectivity index (χ1) is 8.61. The number of hydrogen-bond donors (Lipinski definition) is 0. The summed E-state index contributed by atoms with van der Waals surface area (Å²) in [6.07, 6.45) is 1.46. The summed E-state index contributed by atoms with van der Waals surface area (Å²) in [6.45, 7) is 0. The molecule has 0 unspecified atom stereocenters. The molecule has 0 fully saturated rings. The highest BCUT2D eigenvalue weighted by Crippen LogP contribution is 2.27. The first kappa shape index (κ1) is 12.9. The second-order valence-corrected chi connectivity index (χ2v) is 4.37. The van der Waals surface area contributed by atoms with E-state index in [-0.39, 0.29) is 0 Å². The van der Waals surface area contributed by atoms with Crippen LogP contribution >= 0.6 is 23.2 Å². The summed E-state index contributed by atoms with van der Waals surface area (Å²) in [4.78, 5) is 15.4. The minimum atomic E-state index is -0.414. The second-order valence-electron chi connectivity index (χ2n) is 3.55. The van der Waals surface area contributed by atoms with E-state index in [0.717, 1.165) is 5.56 Å². The van der Waals surface area contributed by atoms with Crippen LogP contribution in [0.5, 0.6) is 0 Å². The van der Waals surface area contributed by atoms with Gasteiger partial charge in [0.15, 0.2) is 0 Å². The van der Waals surface area contributed by atoms with E-state index in [0.29, 0.717) is 21.3 Å². The molecule has 3 nitrogen and oxygen atoms in total. The molecule has 2 aromatic rings. The predicted octanol–water partition coefficient (Wildman–Crippen LogP) is 3.84. The molecule has 0 saturated heterocycles.